The minimum atomic E-state index is -0.627. The van der Waals surface area contributed by atoms with E-state index < -0.39 is 17.6 Å². The zero-order chi connectivity index (χ0) is 19.9. The summed E-state index contributed by atoms with van der Waals surface area (Å²) >= 11 is 0. The van der Waals surface area contributed by atoms with Crippen LogP contribution in [0.15, 0.2) is 28.2 Å². The van der Waals surface area contributed by atoms with Gasteiger partial charge >= 0.3 is 5.97 Å². The average molecular weight is 375 g/mol. The van der Waals surface area contributed by atoms with Crippen LogP contribution in [0.4, 0.5) is 0 Å². The molecule has 4 heteroatoms. The maximum absolute atomic E-state index is 12.6. The van der Waals surface area contributed by atoms with Gasteiger partial charge in [0.1, 0.15) is 17.6 Å². The van der Waals surface area contributed by atoms with Gasteiger partial charge in [0.15, 0.2) is 6.10 Å². The van der Waals surface area contributed by atoms with Crippen molar-refractivity contribution in [2.45, 2.75) is 73.0 Å². The molecule has 0 saturated heterocycles. The zero-order valence-corrected chi connectivity index (χ0v) is 17.5. The number of hydrogen-bond donors (Lipinski definition) is 1. The molecular formula is C23H34O4. The first-order valence-corrected chi connectivity index (χ1v) is 10.2. The van der Waals surface area contributed by atoms with Crippen molar-refractivity contribution in [2.75, 3.05) is 0 Å². The predicted molar refractivity (Wildman–Crippen MR) is 105 cm³/mol. The fraction of sp³-hybridized carbons (Fsp3) is 0.696. The summed E-state index contributed by atoms with van der Waals surface area (Å²) in [6.45, 7) is 12.3. The van der Waals surface area contributed by atoms with Gasteiger partial charge in [-0.05, 0) is 82.8 Å². The summed E-state index contributed by atoms with van der Waals surface area (Å²) < 4.78 is 11.9. The number of aliphatic hydroxyl groups is 1. The fourth-order valence-electron chi connectivity index (χ4n) is 4.60. The first-order valence-electron chi connectivity index (χ1n) is 10.2. The number of aliphatic hydroxyl groups excluding tert-OH is 1. The van der Waals surface area contributed by atoms with Crippen molar-refractivity contribution in [1.82, 2.24) is 0 Å². The normalized spacial score (nSPS) is 31.4. The van der Waals surface area contributed by atoms with Crippen LogP contribution >= 0.6 is 0 Å². The molecule has 0 radical (unpaired) electrons. The molecule has 150 valence electrons. The molecule has 2 bridgehead atoms. The molecule has 2 heterocycles. The van der Waals surface area contributed by atoms with Crippen LogP contribution in [0.2, 0.25) is 0 Å². The highest BCUT2D eigenvalue weighted by Crippen LogP contribution is 2.48. The minimum absolute atomic E-state index is 0.217. The molecule has 2 aliphatic rings. The lowest BCUT2D eigenvalue weighted by atomic mass is 9.64. The van der Waals surface area contributed by atoms with Gasteiger partial charge in [-0.15, -0.1) is 0 Å². The van der Waals surface area contributed by atoms with Gasteiger partial charge in [0, 0.05) is 0 Å². The lowest BCUT2D eigenvalue weighted by Gasteiger charge is -2.41. The van der Waals surface area contributed by atoms with E-state index in [4.69, 9.17) is 9.15 Å². The molecule has 1 N–H and O–H groups in total. The maximum Gasteiger partial charge on any atom is 0.311 e. The van der Waals surface area contributed by atoms with Crippen LogP contribution in [-0.2, 0) is 9.53 Å². The Balaban J connectivity index is 1.99. The number of allylic oxidation sites excluding steroid dienone is 2. The van der Waals surface area contributed by atoms with Crippen molar-refractivity contribution in [3.63, 3.8) is 0 Å². The standard InChI is InChI=1S/C23H34O4/c1-13(2)15-8-7-14(3)16-11-18(24)19-9-10-20(26-19)21(12-17(15)16)27-22(25)23(4,5)6/h7,9-10,13,15-18,21,24H,8,11-12H2,1-6H3/t15-,16+,17-,18+,21-/m1/s1. The van der Waals surface area contributed by atoms with E-state index in [1.165, 1.54) is 5.57 Å². The predicted octanol–water partition coefficient (Wildman–Crippen LogP) is 5.59. The SMILES string of the molecule is CC1=CC[C@H](C(C)C)[C@H]2C[C@@H](OC(=O)C(C)(C)C)c3ccc(o3)[C@@H](O)C[C@@H]12. The van der Waals surface area contributed by atoms with Crippen molar-refractivity contribution in [2.24, 2.45) is 29.1 Å². The Hall–Kier alpha value is -1.55. The second kappa shape index (κ2) is 7.46. The highest BCUT2D eigenvalue weighted by Gasteiger charge is 2.41. The molecule has 0 saturated carbocycles. The van der Waals surface area contributed by atoms with Crippen molar-refractivity contribution >= 4 is 5.97 Å². The molecule has 0 unspecified atom stereocenters. The number of fused-ring (bicyclic) bond motifs is 3. The molecule has 1 aliphatic carbocycles. The molecular weight excluding hydrogens is 340 g/mol. The van der Waals surface area contributed by atoms with Crippen molar-refractivity contribution in [3.8, 4) is 0 Å². The molecule has 27 heavy (non-hydrogen) atoms. The number of ether oxygens (including phenoxy) is 1. The van der Waals surface area contributed by atoms with Gasteiger partial charge in [-0.1, -0.05) is 25.5 Å². The summed E-state index contributed by atoms with van der Waals surface area (Å²) in [6, 6.07) is 3.68. The molecule has 1 aromatic heterocycles. The number of furan rings is 1. The van der Waals surface area contributed by atoms with Crippen LogP contribution in [0, 0.1) is 29.1 Å². The van der Waals surface area contributed by atoms with Crippen LogP contribution < -0.4 is 0 Å². The first-order chi connectivity index (χ1) is 12.6. The second-order valence-electron chi connectivity index (χ2n) is 9.73. The summed E-state index contributed by atoms with van der Waals surface area (Å²) in [7, 11) is 0. The Bertz CT molecular complexity index is 706. The molecule has 4 nitrogen and oxygen atoms in total. The minimum Gasteiger partial charge on any atom is -0.459 e. The second-order valence-corrected chi connectivity index (χ2v) is 9.73. The largest absolute Gasteiger partial charge is 0.459 e. The van der Waals surface area contributed by atoms with Gasteiger partial charge in [0.05, 0.1) is 5.41 Å². The monoisotopic (exact) mass is 374 g/mol. The van der Waals surface area contributed by atoms with Gasteiger partial charge in [-0.2, -0.15) is 0 Å². The summed E-state index contributed by atoms with van der Waals surface area (Å²) in [6.07, 6.45) is 3.74. The highest BCUT2D eigenvalue weighted by molar-refractivity contribution is 5.75. The van der Waals surface area contributed by atoms with Gasteiger partial charge in [-0.25, -0.2) is 0 Å². The lowest BCUT2D eigenvalue weighted by molar-refractivity contribution is -0.161. The molecule has 1 aromatic rings. The molecule has 3 rings (SSSR count). The van der Waals surface area contributed by atoms with E-state index in [0.29, 0.717) is 35.7 Å². The van der Waals surface area contributed by atoms with Crippen LogP contribution in [0.1, 0.15) is 84.5 Å². The maximum atomic E-state index is 12.6. The fourth-order valence-corrected chi connectivity index (χ4v) is 4.60. The van der Waals surface area contributed by atoms with Gasteiger partial charge in [-0.3, -0.25) is 4.79 Å². The number of hydrogen-bond acceptors (Lipinski definition) is 4. The summed E-state index contributed by atoms with van der Waals surface area (Å²) in [4.78, 5) is 12.6. The number of esters is 1. The number of carbonyl (C=O) groups excluding carboxylic acids is 1. The topological polar surface area (TPSA) is 59.7 Å². The first kappa shape index (κ1) is 20.2. The third-order valence-corrected chi connectivity index (χ3v) is 6.34. The molecule has 0 fully saturated rings. The van der Waals surface area contributed by atoms with Crippen molar-refractivity contribution < 1.29 is 19.1 Å². The molecule has 0 amide bonds. The van der Waals surface area contributed by atoms with Crippen LogP contribution in [0.3, 0.4) is 0 Å². The number of carbonyl (C=O) groups is 1. The average Bonchev–Trinajstić information content (AvgIpc) is 3.06. The van der Waals surface area contributed by atoms with E-state index in [-0.39, 0.29) is 11.9 Å². The van der Waals surface area contributed by atoms with Crippen LogP contribution in [-0.4, -0.2) is 11.1 Å². The Morgan fingerprint density at radius 3 is 2.52 bits per heavy atom. The van der Waals surface area contributed by atoms with Crippen molar-refractivity contribution in [1.29, 1.82) is 0 Å². The quantitative estimate of drug-likeness (QED) is 0.541. The Labute approximate surface area is 163 Å². The van der Waals surface area contributed by atoms with Crippen LogP contribution in [0.5, 0.6) is 0 Å². The van der Waals surface area contributed by atoms with Gasteiger partial charge < -0.3 is 14.3 Å². The van der Waals surface area contributed by atoms with Gasteiger partial charge in [0.25, 0.3) is 0 Å². The summed E-state index contributed by atoms with van der Waals surface area (Å²) in [5, 5.41) is 10.7. The Morgan fingerprint density at radius 2 is 1.89 bits per heavy atom. The van der Waals surface area contributed by atoms with E-state index in [2.05, 4.69) is 26.8 Å². The number of rotatable bonds is 2. The summed E-state index contributed by atoms with van der Waals surface area (Å²) in [5.74, 6) is 2.68. The van der Waals surface area contributed by atoms with Crippen molar-refractivity contribution in [3.05, 3.63) is 35.3 Å². The Kier molecular flexibility index (Phi) is 5.58. The molecule has 0 aromatic carbocycles. The Morgan fingerprint density at radius 1 is 1.22 bits per heavy atom. The third kappa shape index (κ3) is 4.16. The third-order valence-electron chi connectivity index (χ3n) is 6.34. The van der Waals surface area contributed by atoms with E-state index in [9.17, 15) is 9.90 Å². The molecule has 1 aliphatic heterocycles. The molecule has 0 spiro atoms. The summed E-state index contributed by atoms with van der Waals surface area (Å²) in [5.41, 5.74) is 0.774. The van der Waals surface area contributed by atoms with E-state index in [1.54, 1.807) is 0 Å². The van der Waals surface area contributed by atoms with E-state index in [0.717, 1.165) is 12.8 Å². The van der Waals surface area contributed by atoms with E-state index in [1.807, 2.05) is 32.9 Å². The highest BCUT2D eigenvalue weighted by atomic mass is 16.6. The molecule has 5 atom stereocenters. The van der Waals surface area contributed by atoms with Gasteiger partial charge in [0.2, 0.25) is 0 Å². The zero-order valence-electron chi connectivity index (χ0n) is 17.5. The smallest absolute Gasteiger partial charge is 0.311 e. The van der Waals surface area contributed by atoms with E-state index >= 15 is 0 Å². The lowest BCUT2D eigenvalue weighted by Crippen LogP contribution is -2.34. The van der Waals surface area contributed by atoms with Crippen LogP contribution in [0.25, 0.3) is 0 Å².